The lowest BCUT2D eigenvalue weighted by molar-refractivity contribution is -0.149. The summed E-state index contributed by atoms with van der Waals surface area (Å²) >= 11 is 6.08. The third-order valence-electron chi connectivity index (χ3n) is 3.67. The van der Waals surface area contributed by atoms with Crippen molar-refractivity contribution in [2.75, 3.05) is 0 Å². The molecule has 0 spiro atoms. The van der Waals surface area contributed by atoms with Gasteiger partial charge in [-0.25, -0.2) is 0 Å². The van der Waals surface area contributed by atoms with Gasteiger partial charge in [0.25, 0.3) is 5.89 Å². The van der Waals surface area contributed by atoms with Crippen LogP contribution in [0.1, 0.15) is 30.9 Å². The summed E-state index contributed by atoms with van der Waals surface area (Å²) < 4.78 is 11.0. The summed E-state index contributed by atoms with van der Waals surface area (Å²) in [6, 6.07) is 16.9. The Labute approximate surface area is 150 Å². The Morgan fingerprint density at radius 3 is 2.60 bits per heavy atom. The van der Waals surface area contributed by atoms with Crippen LogP contribution in [0.15, 0.2) is 59.0 Å². The number of aromatic nitrogens is 2. The van der Waals surface area contributed by atoms with Crippen molar-refractivity contribution < 1.29 is 13.9 Å². The first-order chi connectivity index (χ1) is 12.1. The number of esters is 1. The second-order valence-electron chi connectivity index (χ2n) is 5.53. The van der Waals surface area contributed by atoms with E-state index in [1.165, 1.54) is 0 Å². The minimum absolute atomic E-state index is 0.230. The van der Waals surface area contributed by atoms with Crippen LogP contribution in [-0.4, -0.2) is 16.2 Å². The fourth-order valence-electron chi connectivity index (χ4n) is 2.34. The van der Waals surface area contributed by atoms with E-state index in [0.29, 0.717) is 17.3 Å². The van der Waals surface area contributed by atoms with Crippen molar-refractivity contribution in [3.63, 3.8) is 0 Å². The highest BCUT2D eigenvalue weighted by Crippen LogP contribution is 2.23. The minimum atomic E-state index is -0.608. The highest BCUT2D eigenvalue weighted by atomic mass is 35.5. The summed E-state index contributed by atoms with van der Waals surface area (Å²) in [4.78, 5) is 12.0. The molecule has 0 aliphatic heterocycles. The molecule has 0 aliphatic carbocycles. The van der Waals surface area contributed by atoms with E-state index in [2.05, 4.69) is 10.2 Å². The van der Waals surface area contributed by atoms with Crippen LogP contribution >= 0.6 is 11.6 Å². The van der Waals surface area contributed by atoms with Gasteiger partial charge in [0.15, 0.2) is 6.10 Å². The predicted molar refractivity (Wildman–Crippen MR) is 94.0 cm³/mol. The molecule has 3 aromatic rings. The van der Waals surface area contributed by atoms with Crippen LogP contribution in [0.5, 0.6) is 0 Å². The lowest BCUT2D eigenvalue weighted by Gasteiger charge is -2.09. The first-order valence-electron chi connectivity index (χ1n) is 7.95. The molecule has 0 N–H and O–H groups in total. The van der Waals surface area contributed by atoms with E-state index in [0.717, 1.165) is 11.1 Å². The molecule has 1 unspecified atom stereocenters. The zero-order chi connectivity index (χ0) is 17.6. The first-order valence-corrected chi connectivity index (χ1v) is 8.33. The van der Waals surface area contributed by atoms with E-state index >= 15 is 0 Å². The minimum Gasteiger partial charge on any atom is -0.453 e. The highest BCUT2D eigenvalue weighted by molar-refractivity contribution is 6.31. The summed E-state index contributed by atoms with van der Waals surface area (Å²) in [6.45, 7) is 1.70. The Morgan fingerprint density at radius 2 is 1.84 bits per heavy atom. The summed E-state index contributed by atoms with van der Waals surface area (Å²) in [5, 5.41) is 8.60. The van der Waals surface area contributed by atoms with Crippen LogP contribution in [-0.2, 0) is 16.0 Å². The lowest BCUT2D eigenvalue weighted by Crippen LogP contribution is -2.10. The van der Waals surface area contributed by atoms with Crippen molar-refractivity contribution in [2.24, 2.45) is 0 Å². The molecule has 2 aromatic carbocycles. The largest absolute Gasteiger partial charge is 0.453 e. The second kappa shape index (κ2) is 7.94. The molecular weight excluding hydrogens is 340 g/mol. The van der Waals surface area contributed by atoms with Crippen molar-refractivity contribution in [3.8, 4) is 11.5 Å². The standard InChI is InChI=1S/C19H17ClN2O3/c1-13(18-21-22-19(25-18)15-8-3-2-4-9-15)24-17(23)12-11-14-7-5-6-10-16(14)20/h2-10,13H,11-12H2,1H3. The quantitative estimate of drug-likeness (QED) is 0.602. The number of carbonyl (C=O) groups excluding carboxylic acids is 1. The van der Waals surface area contributed by atoms with Crippen molar-refractivity contribution >= 4 is 17.6 Å². The van der Waals surface area contributed by atoms with E-state index < -0.39 is 6.10 Å². The van der Waals surface area contributed by atoms with Crippen molar-refractivity contribution in [2.45, 2.75) is 25.9 Å². The molecule has 25 heavy (non-hydrogen) atoms. The van der Waals surface area contributed by atoms with Gasteiger partial charge in [-0.05, 0) is 37.1 Å². The molecule has 0 saturated heterocycles. The normalized spacial score (nSPS) is 11.9. The van der Waals surface area contributed by atoms with Gasteiger partial charge in [-0.2, -0.15) is 0 Å². The number of hydrogen-bond acceptors (Lipinski definition) is 5. The van der Waals surface area contributed by atoms with Crippen LogP contribution in [0, 0.1) is 0 Å². The maximum Gasteiger partial charge on any atom is 0.306 e. The molecule has 0 bridgehead atoms. The second-order valence-corrected chi connectivity index (χ2v) is 5.94. The number of benzene rings is 2. The van der Waals surface area contributed by atoms with Gasteiger partial charge in [-0.3, -0.25) is 4.79 Å². The van der Waals surface area contributed by atoms with E-state index in [1.54, 1.807) is 13.0 Å². The van der Waals surface area contributed by atoms with Crippen molar-refractivity contribution in [1.29, 1.82) is 0 Å². The zero-order valence-electron chi connectivity index (χ0n) is 13.7. The number of nitrogens with zero attached hydrogens (tertiary/aromatic N) is 2. The number of hydrogen-bond donors (Lipinski definition) is 0. The molecule has 0 fully saturated rings. The SMILES string of the molecule is CC(OC(=O)CCc1ccccc1Cl)c1nnc(-c2ccccc2)o1. The Morgan fingerprint density at radius 1 is 1.12 bits per heavy atom. The number of carbonyl (C=O) groups is 1. The van der Waals surface area contributed by atoms with Crippen molar-refractivity contribution in [3.05, 3.63) is 71.1 Å². The van der Waals surface area contributed by atoms with Crippen LogP contribution in [0.3, 0.4) is 0 Å². The zero-order valence-corrected chi connectivity index (χ0v) is 14.4. The van der Waals surface area contributed by atoms with Gasteiger partial charge in [-0.1, -0.05) is 48.0 Å². The maximum atomic E-state index is 12.0. The third-order valence-corrected chi connectivity index (χ3v) is 4.04. The van der Waals surface area contributed by atoms with Gasteiger partial charge in [0.2, 0.25) is 5.89 Å². The van der Waals surface area contributed by atoms with Crippen LogP contribution in [0.4, 0.5) is 0 Å². The molecule has 1 aromatic heterocycles. The van der Waals surface area contributed by atoms with E-state index in [4.69, 9.17) is 20.8 Å². The molecule has 6 heteroatoms. The predicted octanol–water partition coefficient (Wildman–Crippen LogP) is 4.63. The van der Waals surface area contributed by atoms with E-state index in [1.807, 2.05) is 48.5 Å². The first kappa shape index (κ1) is 17.2. The fraction of sp³-hybridized carbons (Fsp3) is 0.211. The van der Waals surface area contributed by atoms with Gasteiger partial charge in [-0.15, -0.1) is 10.2 Å². The summed E-state index contributed by atoms with van der Waals surface area (Å²) in [6.07, 6.45) is 0.140. The van der Waals surface area contributed by atoms with E-state index in [-0.39, 0.29) is 18.3 Å². The van der Waals surface area contributed by atoms with Gasteiger partial charge < -0.3 is 9.15 Å². The summed E-state index contributed by atoms with van der Waals surface area (Å²) in [5.74, 6) is 0.325. The molecule has 0 saturated carbocycles. The monoisotopic (exact) mass is 356 g/mol. The van der Waals surface area contributed by atoms with Gasteiger partial charge in [0.05, 0.1) is 0 Å². The van der Waals surface area contributed by atoms with Gasteiger partial charge >= 0.3 is 5.97 Å². The number of halogens is 1. The smallest absolute Gasteiger partial charge is 0.306 e. The topological polar surface area (TPSA) is 65.2 Å². The number of aryl methyl sites for hydroxylation is 1. The molecular formula is C19H17ClN2O3. The fourth-order valence-corrected chi connectivity index (χ4v) is 2.57. The van der Waals surface area contributed by atoms with Crippen LogP contribution in [0.2, 0.25) is 5.02 Å². The van der Waals surface area contributed by atoms with Crippen molar-refractivity contribution in [1.82, 2.24) is 10.2 Å². The Balaban J connectivity index is 1.57. The number of rotatable bonds is 6. The molecule has 1 heterocycles. The maximum absolute atomic E-state index is 12.0. The Hall–Kier alpha value is -2.66. The van der Waals surface area contributed by atoms with Gasteiger partial charge in [0, 0.05) is 17.0 Å². The molecule has 1 atom stereocenters. The van der Waals surface area contributed by atoms with Crippen LogP contribution in [0.25, 0.3) is 11.5 Å². The molecule has 0 amide bonds. The Bertz CT molecular complexity index is 849. The molecule has 0 radical (unpaired) electrons. The molecule has 0 aliphatic rings. The highest BCUT2D eigenvalue weighted by Gasteiger charge is 2.19. The summed E-state index contributed by atoms with van der Waals surface area (Å²) in [7, 11) is 0. The molecule has 128 valence electrons. The summed E-state index contributed by atoms with van der Waals surface area (Å²) in [5.41, 5.74) is 1.73. The Kier molecular flexibility index (Phi) is 5.46. The van der Waals surface area contributed by atoms with Gasteiger partial charge in [0.1, 0.15) is 0 Å². The van der Waals surface area contributed by atoms with E-state index in [9.17, 15) is 4.79 Å². The average molecular weight is 357 g/mol. The average Bonchev–Trinajstić information content (AvgIpc) is 3.12. The lowest BCUT2D eigenvalue weighted by atomic mass is 10.1. The third kappa shape index (κ3) is 4.45. The molecule has 3 rings (SSSR count). The molecule has 5 nitrogen and oxygen atoms in total. The van der Waals surface area contributed by atoms with Crippen LogP contribution < -0.4 is 0 Å². The number of ether oxygens (including phenoxy) is 1.